The van der Waals surface area contributed by atoms with Gasteiger partial charge in [0.05, 0.1) is 262 Å². The fraction of sp³-hybridized carbons (Fsp3) is 0.854. The first-order valence-corrected chi connectivity index (χ1v) is 44.8. The second kappa shape index (κ2) is 56.6. The topological polar surface area (TPSA) is 605 Å². The number of carbonyl (C=O) groups is 6. The van der Waals surface area contributed by atoms with E-state index in [1.807, 2.05) is 0 Å². The van der Waals surface area contributed by atoms with Crippen molar-refractivity contribution in [1.82, 2.24) is 71.6 Å². The average molecular weight is 1880 g/mol. The maximum Gasteiger partial charge on any atom is 0.407 e. The van der Waals surface area contributed by atoms with E-state index in [2.05, 4.69) is 57.5 Å². The van der Waals surface area contributed by atoms with Crippen LogP contribution in [0.4, 0.5) is 4.79 Å². The summed E-state index contributed by atoms with van der Waals surface area (Å²) in [5, 5.41) is 104. The molecule has 3 aromatic rings. The summed E-state index contributed by atoms with van der Waals surface area (Å²) in [6.45, 7) is 15.5. The second-order valence-corrected chi connectivity index (χ2v) is 33.9. The van der Waals surface area contributed by atoms with E-state index in [1.165, 1.54) is 20.8 Å². The number of hydrogen-bond acceptors (Lipinski definition) is 41. The monoisotopic (exact) mass is 1880 g/mol. The molecular weight excluding hydrogens is 1740 g/mol. The van der Waals surface area contributed by atoms with E-state index >= 15 is 0 Å². The van der Waals surface area contributed by atoms with Crippen LogP contribution in [0.3, 0.4) is 0 Å². The molecule has 13 N–H and O–H groups in total. The fourth-order valence-electron chi connectivity index (χ4n) is 14.9. The van der Waals surface area contributed by atoms with Crippen LogP contribution in [0.15, 0.2) is 18.6 Å². The van der Waals surface area contributed by atoms with Crippen molar-refractivity contribution in [2.75, 3.05) is 205 Å². The van der Waals surface area contributed by atoms with E-state index in [0.29, 0.717) is 134 Å². The van der Waals surface area contributed by atoms with E-state index in [4.69, 9.17) is 110 Å². The van der Waals surface area contributed by atoms with Gasteiger partial charge in [-0.3, -0.25) is 24.0 Å². The molecule has 6 aliphatic heterocycles. The third-order valence-electron chi connectivity index (χ3n) is 21.6. The summed E-state index contributed by atoms with van der Waals surface area (Å²) in [6.07, 6.45) is -1.52. The summed E-state index contributed by atoms with van der Waals surface area (Å²) in [7, 11) is 0. The highest BCUT2D eigenvalue weighted by molar-refractivity contribution is 5.83. The van der Waals surface area contributed by atoms with Gasteiger partial charge in [0.15, 0.2) is 18.9 Å². The molecule has 6 aliphatic rings. The SMILES string of the molecule is CC(=O)N[C@H]1[C@H]2OC[C@](COCCOCCOCCOCCn3cc(COCC(COCc4cn(CCOCCOCCOCCOC[C@@]56CO[C@@H](O5)[C@H](NC(C)=O)[C@@H](O)[C@H]6O)nn4)(COCc4cn(CCOCCOCCOCCOC[C@@]56CO[C@@H](O5)[C@H](NC(C)=O)[C@@H](O)[C@H]6O)nn4)NC(=O)CCCCCCC(=O)[C@@H](N)CCCCNC(=O)OC(C)(C)C)nn3)(O2)[C@H](O)[C@@H]1O. The van der Waals surface area contributed by atoms with Crippen LogP contribution in [0.5, 0.6) is 0 Å². The molecule has 5 amide bonds. The molecule has 131 heavy (non-hydrogen) atoms. The van der Waals surface area contributed by atoms with Gasteiger partial charge in [0.1, 0.15) is 106 Å². The number of ketones is 1. The van der Waals surface area contributed by atoms with Gasteiger partial charge in [0.25, 0.3) is 0 Å². The van der Waals surface area contributed by atoms with Crippen LogP contribution < -0.4 is 32.3 Å². The van der Waals surface area contributed by atoms with Crippen LogP contribution in [0.2, 0.25) is 0 Å². The molecule has 746 valence electrons. The van der Waals surface area contributed by atoms with Gasteiger partial charge in [0.2, 0.25) is 23.6 Å². The van der Waals surface area contributed by atoms with Gasteiger partial charge in [-0.05, 0) is 52.9 Å². The van der Waals surface area contributed by atoms with Gasteiger partial charge in [-0.1, -0.05) is 28.5 Å². The number of ether oxygens (including phenoxy) is 22. The predicted molar refractivity (Wildman–Crippen MR) is 448 cm³/mol. The lowest BCUT2D eigenvalue weighted by Gasteiger charge is -2.42. The molecule has 9 heterocycles. The number of Topliss-reactive ketones (excluding diaryl/α,β-unsaturated/α-hetero) is 1. The Hall–Kier alpha value is -6.88. The number of nitrogens with two attached hydrogens (primary N) is 1. The lowest BCUT2D eigenvalue weighted by Crippen LogP contribution is -2.66. The maximum atomic E-state index is 14.3. The molecule has 3 aromatic heterocycles. The quantitative estimate of drug-likeness (QED) is 0.0237. The Balaban J connectivity index is 0.712. The zero-order valence-corrected chi connectivity index (χ0v) is 76.0. The zero-order valence-electron chi connectivity index (χ0n) is 76.0. The van der Waals surface area contributed by atoms with Crippen molar-refractivity contribution < 1.29 is 164 Å². The van der Waals surface area contributed by atoms with Crippen LogP contribution >= 0.6 is 0 Å². The Morgan fingerprint density at radius 3 is 1.07 bits per heavy atom. The lowest BCUT2D eigenvalue weighted by molar-refractivity contribution is -0.238. The lowest BCUT2D eigenvalue weighted by atomic mass is 9.88. The second-order valence-electron chi connectivity index (χ2n) is 33.9. The molecule has 0 saturated carbocycles. The maximum absolute atomic E-state index is 14.3. The zero-order chi connectivity index (χ0) is 93.9. The normalized spacial score (nSPS) is 25.4. The number of aliphatic hydroxyl groups is 6. The number of hydrogen-bond donors (Lipinski definition) is 12. The van der Waals surface area contributed by atoms with E-state index in [1.54, 1.807) is 53.4 Å². The highest BCUT2D eigenvalue weighted by Crippen LogP contribution is 2.40. The molecule has 49 heteroatoms. The highest BCUT2D eigenvalue weighted by atomic mass is 16.8. The molecule has 0 radical (unpaired) electrons. The van der Waals surface area contributed by atoms with Crippen molar-refractivity contribution in [2.24, 2.45) is 5.73 Å². The average Bonchev–Trinajstić information content (AvgIpc) is 1.61. The van der Waals surface area contributed by atoms with Crippen LogP contribution in [0.1, 0.15) is 116 Å². The van der Waals surface area contributed by atoms with Gasteiger partial charge in [-0.15, -0.1) is 15.3 Å². The number of nitrogens with one attached hydrogen (secondary N) is 5. The number of alkyl carbamates (subject to hydrolysis) is 1. The number of rotatable bonds is 71. The third kappa shape index (κ3) is 36.6. The number of nitrogens with zero attached hydrogens (tertiary/aromatic N) is 9. The molecule has 0 aliphatic carbocycles. The van der Waals surface area contributed by atoms with Gasteiger partial charge in [-0.2, -0.15) is 0 Å². The molecule has 6 fully saturated rings. The van der Waals surface area contributed by atoms with Crippen LogP contribution in [0.25, 0.3) is 0 Å². The number of fused-ring (bicyclic) bond motifs is 6. The molecule has 0 unspecified atom stereocenters. The van der Waals surface area contributed by atoms with Crippen LogP contribution in [0, 0.1) is 0 Å². The number of aromatic nitrogens is 9. The summed E-state index contributed by atoms with van der Waals surface area (Å²) in [5.41, 5.74) is 1.92. The van der Waals surface area contributed by atoms with Gasteiger partial charge >= 0.3 is 6.09 Å². The van der Waals surface area contributed by atoms with E-state index < -0.39 is 131 Å². The van der Waals surface area contributed by atoms with Crippen LogP contribution in [-0.4, -0.2) is 423 Å². The van der Waals surface area contributed by atoms with E-state index in [9.17, 15) is 59.4 Å². The first-order chi connectivity index (χ1) is 63.1. The van der Waals surface area contributed by atoms with Gasteiger partial charge in [0, 0.05) is 40.2 Å². The van der Waals surface area contributed by atoms with Crippen molar-refractivity contribution >= 4 is 35.5 Å². The predicted octanol–water partition coefficient (Wildman–Crippen LogP) is -4.55. The minimum absolute atomic E-state index is 0.0212. The minimum atomic E-state index is -1.35. The minimum Gasteiger partial charge on any atom is -0.444 e. The van der Waals surface area contributed by atoms with E-state index in [-0.39, 0.29) is 196 Å². The van der Waals surface area contributed by atoms with Crippen molar-refractivity contribution in [3.05, 3.63) is 35.7 Å². The molecule has 0 spiro atoms. The third-order valence-corrected chi connectivity index (χ3v) is 21.6. The standard InChI is InChI=1S/C82H139N15O34/c1-56(98)85-65-68(103)71(106)80(53-125-74(65)128-80)50-119-38-35-116-32-29-113-26-23-110-20-17-95-41-59(89-92-95)44-122-47-79(88-64(102)15-10-8-7-9-14-63(101)62(83)13-11-12-16-84-77(109)131-78(4,5)6,48-123-45-60-42-96(93-90-60)18-21-111-24-27-114-30-33-117-36-39-120-51-81-54-126-75(129-81)66(86-57(2)99)69(104)72(81)107)49-124-46-61-43-97(94-91-61)19-22-112-25-28-115-31-34-118-37-40-121-52-82-55-127-76(130-82)67(87-58(3)100)70(105)73(82)108/h41-43,62,65-76,103-108H,7-40,44-55,83H2,1-6H3,(H,84,109)(H,85,98)(H,86,99)(H,87,100)(H,88,102)/t62-,65+,66+,67+,68+,69+,70+,71+,72+,73+,74-,75-,76-,80-,81-,82-/m0/s1. The number of unbranched alkanes of at least 4 members (excludes halogenated alkanes) is 4. The Labute approximate surface area is 760 Å². The molecule has 49 nitrogen and oxygen atoms in total. The summed E-state index contributed by atoms with van der Waals surface area (Å²) in [5.74, 6) is -1.55. The fourth-order valence-corrected chi connectivity index (χ4v) is 14.9. The van der Waals surface area contributed by atoms with Crippen LogP contribution in [-0.2, 0) is 168 Å². The summed E-state index contributed by atoms with van der Waals surface area (Å²) in [6, 6.07) is -3.38. The van der Waals surface area contributed by atoms with Crippen molar-refractivity contribution in [2.45, 2.75) is 246 Å². The molecule has 6 bridgehead atoms. The summed E-state index contributed by atoms with van der Waals surface area (Å²) < 4.78 is 132. The Bertz CT molecular complexity index is 3490. The molecule has 6 saturated heterocycles. The number of aliphatic hydroxyl groups excluding tert-OH is 6. The van der Waals surface area contributed by atoms with Gasteiger partial charge in [-0.25, -0.2) is 18.8 Å². The van der Waals surface area contributed by atoms with Gasteiger partial charge < -0.3 is 167 Å². The van der Waals surface area contributed by atoms with Crippen molar-refractivity contribution in [1.29, 1.82) is 0 Å². The molecular formula is C82H139N15O34. The smallest absolute Gasteiger partial charge is 0.407 e. The number of carbonyl (C=O) groups excluding carboxylic acids is 6. The molecule has 0 aromatic carbocycles. The Morgan fingerprint density at radius 2 is 0.748 bits per heavy atom. The molecule has 16 atom stereocenters. The summed E-state index contributed by atoms with van der Waals surface area (Å²) >= 11 is 0. The highest BCUT2D eigenvalue weighted by Gasteiger charge is 2.62. The first-order valence-electron chi connectivity index (χ1n) is 44.8. The Morgan fingerprint density at radius 1 is 0.435 bits per heavy atom. The van der Waals surface area contributed by atoms with Crippen molar-refractivity contribution in [3.63, 3.8) is 0 Å². The number of amides is 5. The molecule has 9 rings (SSSR count). The van der Waals surface area contributed by atoms with E-state index in [0.717, 1.165) is 0 Å². The first kappa shape index (κ1) is 108. The van der Waals surface area contributed by atoms with Crippen molar-refractivity contribution in [3.8, 4) is 0 Å². The Kier molecular flexibility index (Phi) is 46.6. The largest absolute Gasteiger partial charge is 0.444 e. The summed E-state index contributed by atoms with van der Waals surface area (Å²) in [4.78, 5) is 74.2.